The van der Waals surface area contributed by atoms with E-state index in [2.05, 4.69) is 20.8 Å². The molecule has 1 aliphatic rings. The molecule has 0 radical (unpaired) electrons. The third-order valence-electron chi connectivity index (χ3n) is 2.10. The van der Waals surface area contributed by atoms with Gasteiger partial charge in [-0.1, -0.05) is 42.4 Å². The van der Waals surface area contributed by atoms with Crippen molar-refractivity contribution in [2.75, 3.05) is 24.0 Å². The highest BCUT2D eigenvalue weighted by molar-refractivity contribution is 8.77. The van der Waals surface area contributed by atoms with Gasteiger partial charge in [0, 0.05) is 16.3 Å². The van der Waals surface area contributed by atoms with Crippen molar-refractivity contribution in [1.29, 1.82) is 0 Å². The SMILES string of the molecule is CC(C)(C)SSCCOC(=O)N1CSCC1C(=O)O. The second-order valence-corrected chi connectivity index (χ2v) is 9.20. The zero-order valence-corrected chi connectivity index (χ0v) is 13.7. The maximum Gasteiger partial charge on any atom is 0.411 e. The molecular formula is C11H19NO4S3. The zero-order valence-electron chi connectivity index (χ0n) is 11.2. The lowest BCUT2D eigenvalue weighted by Crippen LogP contribution is -2.42. The highest BCUT2D eigenvalue weighted by Gasteiger charge is 2.35. The van der Waals surface area contributed by atoms with Gasteiger partial charge >= 0.3 is 12.1 Å². The number of amides is 1. The molecule has 1 heterocycles. The van der Waals surface area contributed by atoms with Gasteiger partial charge in [0.25, 0.3) is 0 Å². The van der Waals surface area contributed by atoms with E-state index in [4.69, 9.17) is 9.84 Å². The summed E-state index contributed by atoms with van der Waals surface area (Å²) >= 11 is 1.43. The molecule has 1 rings (SSSR count). The number of rotatable bonds is 5. The van der Waals surface area contributed by atoms with Gasteiger partial charge in [-0.25, -0.2) is 9.59 Å². The summed E-state index contributed by atoms with van der Waals surface area (Å²) in [7, 11) is 3.39. The summed E-state index contributed by atoms with van der Waals surface area (Å²) in [6, 6.07) is -0.755. The number of carboxylic acid groups (broad SMARTS) is 1. The van der Waals surface area contributed by atoms with Crippen molar-refractivity contribution in [1.82, 2.24) is 4.90 Å². The molecule has 1 saturated heterocycles. The molecule has 0 aliphatic carbocycles. The topological polar surface area (TPSA) is 66.8 Å². The van der Waals surface area contributed by atoms with Gasteiger partial charge in [-0.05, 0) is 0 Å². The van der Waals surface area contributed by atoms with Crippen LogP contribution in [-0.2, 0) is 9.53 Å². The number of aliphatic carboxylic acids is 1. The summed E-state index contributed by atoms with van der Waals surface area (Å²) in [6.45, 7) is 6.67. The average Bonchev–Trinajstić information content (AvgIpc) is 2.75. The van der Waals surface area contributed by atoms with Gasteiger partial charge in [-0.15, -0.1) is 11.8 Å². The highest BCUT2D eigenvalue weighted by Crippen LogP contribution is 2.34. The van der Waals surface area contributed by atoms with E-state index in [-0.39, 0.29) is 4.75 Å². The summed E-state index contributed by atoms with van der Waals surface area (Å²) in [4.78, 5) is 23.9. The lowest BCUT2D eigenvalue weighted by Gasteiger charge is -2.20. The second kappa shape index (κ2) is 7.54. The van der Waals surface area contributed by atoms with E-state index in [1.54, 1.807) is 21.6 Å². The third-order valence-corrected chi connectivity index (χ3v) is 6.42. The van der Waals surface area contributed by atoms with Crippen LogP contribution < -0.4 is 0 Å². The predicted octanol–water partition coefficient (Wildman–Crippen LogP) is 2.76. The van der Waals surface area contributed by atoms with Crippen molar-refractivity contribution in [3.8, 4) is 0 Å². The second-order valence-electron chi connectivity index (χ2n) is 4.96. The van der Waals surface area contributed by atoms with E-state index in [0.717, 1.165) is 0 Å². The first-order valence-corrected chi connectivity index (χ1v) is 9.33. The first-order chi connectivity index (χ1) is 8.81. The Balaban J connectivity index is 2.22. The molecular weight excluding hydrogens is 306 g/mol. The summed E-state index contributed by atoms with van der Waals surface area (Å²) in [5, 5.41) is 8.96. The first kappa shape index (κ1) is 16.8. The van der Waals surface area contributed by atoms with Crippen LogP contribution in [-0.4, -0.2) is 56.8 Å². The number of hydrogen-bond donors (Lipinski definition) is 1. The highest BCUT2D eigenvalue weighted by atomic mass is 33.1. The lowest BCUT2D eigenvalue weighted by molar-refractivity contribution is -0.141. The van der Waals surface area contributed by atoms with E-state index >= 15 is 0 Å². The average molecular weight is 325 g/mol. The van der Waals surface area contributed by atoms with Crippen molar-refractivity contribution in [2.45, 2.75) is 31.6 Å². The molecule has 19 heavy (non-hydrogen) atoms. The quantitative estimate of drug-likeness (QED) is 0.616. The Kier molecular flexibility index (Phi) is 6.68. The normalized spacial score (nSPS) is 19.5. The van der Waals surface area contributed by atoms with Gasteiger partial charge in [0.1, 0.15) is 12.6 Å². The van der Waals surface area contributed by atoms with Crippen LogP contribution in [0.1, 0.15) is 20.8 Å². The molecule has 0 saturated carbocycles. The lowest BCUT2D eigenvalue weighted by atomic mass is 10.3. The standard InChI is InChI=1S/C11H19NO4S3/c1-11(2,3)19-18-5-4-16-10(15)12-7-17-6-8(12)9(13)14/h8H,4-7H2,1-3H3,(H,13,14). The Hall–Kier alpha value is -0.210. The molecule has 8 heteroatoms. The van der Waals surface area contributed by atoms with E-state index in [9.17, 15) is 9.59 Å². The van der Waals surface area contributed by atoms with E-state index in [1.807, 2.05) is 0 Å². The number of nitrogens with zero attached hydrogens (tertiary/aromatic N) is 1. The Morgan fingerprint density at radius 1 is 1.47 bits per heavy atom. The maximum absolute atomic E-state index is 11.7. The van der Waals surface area contributed by atoms with Crippen molar-refractivity contribution in [3.05, 3.63) is 0 Å². The van der Waals surface area contributed by atoms with Crippen LogP contribution in [0.4, 0.5) is 4.79 Å². The van der Waals surface area contributed by atoms with Gasteiger partial charge < -0.3 is 9.84 Å². The van der Waals surface area contributed by atoms with Crippen LogP contribution in [0.15, 0.2) is 0 Å². The zero-order chi connectivity index (χ0) is 14.5. The molecule has 1 atom stereocenters. The molecule has 1 N–H and O–H groups in total. The largest absolute Gasteiger partial charge is 0.480 e. The van der Waals surface area contributed by atoms with E-state index < -0.39 is 18.1 Å². The van der Waals surface area contributed by atoms with Crippen LogP contribution in [0.3, 0.4) is 0 Å². The van der Waals surface area contributed by atoms with Gasteiger partial charge in [0.05, 0.1) is 5.88 Å². The minimum Gasteiger partial charge on any atom is -0.480 e. The fourth-order valence-corrected chi connectivity index (χ4v) is 4.53. The maximum atomic E-state index is 11.7. The molecule has 0 spiro atoms. The van der Waals surface area contributed by atoms with Crippen molar-refractivity contribution in [3.63, 3.8) is 0 Å². The first-order valence-electron chi connectivity index (χ1n) is 5.86. The summed E-state index contributed by atoms with van der Waals surface area (Å²) in [5.74, 6) is 0.546. The van der Waals surface area contributed by atoms with Crippen LogP contribution in [0.2, 0.25) is 0 Å². The van der Waals surface area contributed by atoms with Crippen LogP contribution in [0.5, 0.6) is 0 Å². The van der Waals surface area contributed by atoms with Crippen LogP contribution in [0, 0.1) is 0 Å². The minimum atomic E-state index is -0.973. The number of hydrogen-bond acceptors (Lipinski definition) is 6. The monoisotopic (exact) mass is 325 g/mol. The van der Waals surface area contributed by atoms with Crippen molar-refractivity contribution < 1.29 is 19.4 Å². The molecule has 0 aromatic heterocycles. The number of thioether (sulfide) groups is 1. The molecule has 1 fully saturated rings. The summed E-state index contributed by atoms with van der Waals surface area (Å²) in [5.41, 5.74) is 0. The van der Waals surface area contributed by atoms with Gasteiger partial charge in [-0.2, -0.15) is 0 Å². The Labute approximate surface area is 125 Å². The molecule has 0 bridgehead atoms. The van der Waals surface area contributed by atoms with E-state index in [1.165, 1.54) is 16.7 Å². The Bertz CT molecular complexity index is 332. The molecule has 110 valence electrons. The molecule has 1 amide bonds. The number of ether oxygens (including phenoxy) is 1. The summed E-state index contributed by atoms with van der Waals surface area (Å²) < 4.78 is 5.27. The van der Waals surface area contributed by atoms with Crippen LogP contribution >= 0.6 is 33.3 Å². The number of carbonyl (C=O) groups excluding carboxylic acids is 1. The van der Waals surface area contributed by atoms with Crippen molar-refractivity contribution >= 4 is 45.4 Å². The molecule has 0 aromatic rings. The smallest absolute Gasteiger partial charge is 0.411 e. The van der Waals surface area contributed by atoms with Crippen molar-refractivity contribution in [2.24, 2.45) is 0 Å². The van der Waals surface area contributed by atoms with Gasteiger partial charge in [0.15, 0.2) is 0 Å². The molecule has 0 aromatic carbocycles. The fourth-order valence-electron chi connectivity index (χ4n) is 1.29. The Morgan fingerprint density at radius 2 is 2.16 bits per heavy atom. The molecule has 5 nitrogen and oxygen atoms in total. The Morgan fingerprint density at radius 3 is 2.74 bits per heavy atom. The third kappa shape index (κ3) is 6.18. The number of carboxylic acids is 1. The van der Waals surface area contributed by atoms with Gasteiger partial charge in [-0.3, -0.25) is 4.90 Å². The van der Waals surface area contributed by atoms with Crippen LogP contribution in [0.25, 0.3) is 0 Å². The molecule has 1 unspecified atom stereocenters. The van der Waals surface area contributed by atoms with Gasteiger partial charge in [0.2, 0.25) is 0 Å². The fraction of sp³-hybridized carbons (Fsp3) is 0.818. The van der Waals surface area contributed by atoms with E-state index in [0.29, 0.717) is 24.0 Å². The number of carbonyl (C=O) groups is 2. The predicted molar refractivity (Wildman–Crippen MR) is 81.7 cm³/mol. The minimum absolute atomic E-state index is 0.175. The molecule has 1 aliphatic heterocycles. The summed E-state index contributed by atoms with van der Waals surface area (Å²) in [6.07, 6.45) is -0.529.